The van der Waals surface area contributed by atoms with Crippen LogP contribution in [-0.4, -0.2) is 12.5 Å². The molecule has 4 rings (SSSR count). The molecule has 1 fully saturated rings. The zero-order chi connectivity index (χ0) is 15.8. The minimum Gasteiger partial charge on any atom is -0.459 e. The first-order chi connectivity index (χ1) is 11.2. The number of aryl methyl sites for hydroxylation is 1. The van der Waals surface area contributed by atoms with Gasteiger partial charge >= 0.3 is 0 Å². The van der Waals surface area contributed by atoms with Gasteiger partial charge in [-0.3, -0.25) is 4.79 Å². The predicted octanol–water partition coefficient (Wildman–Crippen LogP) is 4.48. The molecule has 1 unspecified atom stereocenters. The molecule has 0 aliphatic carbocycles. The summed E-state index contributed by atoms with van der Waals surface area (Å²) < 4.78 is 5.70. The maximum absolute atomic E-state index is 12.5. The molecule has 2 N–H and O–H groups in total. The van der Waals surface area contributed by atoms with Crippen molar-refractivity contribution in [1.29, 1.82) is 0 Å². The van der Waals surface area contributed by atoms with E-state index in [-0.39, 0.29) is 5.91 Å². The average Bonchev–Trinajstić information content (AvgIpc) is 3.26. The molecule has 118 valence electrons. The number of carbonyl (C=O) groups excluding carboxylic acids is 1. The molecule has 23 heavy (non-hydrogen) atoms. The first-order valence-corrected chi connectivity index (χ1v) is 8.66. The van der Waals surface area contributed by atoms with Crippen molar-refractivity contribution >= 4 is 33.9 Å². The van der Waals surface area contributed by atoms with Gasteiger partial charge in [-0.2, -0.15) is 0 Å². The molecular weight excluding hydrogens is 308 g/mol. The van der Waals surface area contributed by atoms with Crippen LogP contribution in [0.1, 0.15) is 39.2 Å². The van der Waals surface area contributed by atoms with Gasteiger partial charge in [0, 0.05) is 16.3 Å². The summed E-state index contributed by atoms with van der Waals surface area (Å²) in [5.74, 6) is 0.758. The number of furan rings is 1. The van der Waals surface area contributed by atoms with E-state index in [0.717, 1.165) is 40.3 Å². The number of thiophene rings is 1. The van der Waals surface area contributed by atoms with Crippen molar-refractivity contribution in [2.24, 2.45) is 0 Å². The van der Waals surface area contributed by atoms with Gasteiger partial charge in [0.05, 0.1) is 10.6 Å². The Labute approximate surface area is 138 Å². The second-order valence-electron chi connectivity index (χ2n) is 5.89. The Morgan fingerprint density at radius 2 is 2.26 bits per heavy atom. The minimum atomic E-state index is -0.0826. The van der Waals surface area contributed by atoms with Crippen LogP contribution < -0.4 is 10.6 Å². The lowest BCUT2D eigenvalue weighted by atomic mass is 10.2. The number of nitrogens with one attached hydrogen (secondary N) is 2. The van der Waals surface area contributed by atoms with Gasteiger partial charge in [-0.1, -0.05) is 12.1 Å². The summed E-state index contributed by atoms with van der Waals surface area (Å²) in [6.07, 6.45) is 2.34. The fourth-order valence-electron chi connectivity index (χ4n) is 3.06. The van der Waals surface area contributed by atoms with E-state index in [9.17, 15) is 4.79 Å². The van der Waals surface area contributed by atoms with Gasteiger partial charge in [0.25, 0.3) is 5.91 Å². The van der Waals surface area contributed by atoms with Crippen LogP contribution in [0.15, 0.2) is 40.8 Å². The number of hydrogen-bond acceptors (Lipinski definition) is 4. The summed E-state index contributed by atoms with van der Waals surface area (Å²) in [7, 11) is 0. The second kappa shape index (κ2) is 5.83. The number of fused-ring (bicyclic) bond motifs is 1. The van der Waals surface area contributed by atoms with Crippen LogP contribution in [-0.2, 0) is 0 Å². The molecule has 4 nitrogen and oxygen atoms in total. The number of amides is 1. The SMILES string of the molecule is Cc1cc2cccc(NC(=O)c3ccc(C4CCCN4)s3)c2o1. The maximum atomic E-state index is 12.5. The molecule has 1 amide bonds. The highest BCUT2D eigenvalue weighted by molar-refractivity contribution is 7.14. The summed E-state index contributed by atoms with van der Waals surface area (Å²) in [4.78, 5) is 14.5. The van der Waals surface area contributed by atoms with Crippen molar-refractivity contribution in [3.63, 3.8) is 0 Å². The normalized spacial score (nSPS) is 17.7. The van der Waals surface area contributed by atoms with Crippen molar-refractivity contribution in [1.82, 2.24) is 5.32 Å². The molecule has 0 spiro atoms. The Balaban J connectivity index is 1.57. The van der Waals surface area contributed by atoms with Crippen molar-refractivity contribution in [3.8, 4) is 0 Å². The van der Waals surface area contributed by atoms with Crippen LogP contribution in [0.2, 0.25) is 0 Å². The molecule has 0 saturated carbocycles. The lowest BCUT2D eigenvalue weighted by Crippen LogP contribution is -2.11. The summed E-state index contributed by atoms with van der Waals surface area (Å²) in [6.45, 7) is 2.97. The fourth-order valence-corrected chi connectivity index (χ4v) is 4.08. The summed E-state index contributed by atoms with van der Waals surface area (Å²) in [5, 5.41) is 7.44. The topological polar surface area (TPSA) is 54.3 Å². The van der Waals surface area contributed by atoms with Gasteiger partial charge in [0.1, 0.15) is 5.76 Å². The number of benzene rings is 1. The maximum Gasteiger partial charge on any atom is 0.265 e. The molecule has 1 saturated heterocycles. The van der Waals surface area contributed by atoms with E-state index < -0.39 is 0 Å². The number of carbonyl (C=O) groups is 1. The average molecular weight is 326 g/mol. The molecule has 3 heterocycles. The molecule has 2 aromatic heterocycles. The highest BCUT2D eigenvalue weighted by Crippen LogP contribution is 2.31. The third-order valence-corrected chi connectivity index (χ3v) is 5.37. The van der Waals surface area contributed by atoms with Crippen molar-refractivity contribution in [2.45, 2.75) is 25.8 Å². The van der Waals surface area contributed by atoms with E-state index in [1.54, 1.807) is 11.3 Å². The quantitative estimate of drug-likeness (QED) is 0.746. The van der Waals surface area contributed by atoms with Crippen LogP contribution in [0.5, 0.6) is 0 Å². The molecule has 5 heteroatoms. The molecular formula is C18H18N2O2S. The molecule has 0 radical (unpaired) electrons. The molecule has 1 aliphatic heterocycles. The highest BCUT2D eigenvalue weighted by atomic mass is 32.1. The highest BCUT2D eigenvalue weighted by Gasteiger charge is 2.20. The van der Waals surface area contributed by atoms with Crippen molar-refractivity contribution in [2.75, 3.05) is 11.9 Å². The Morgan fingerprint density at radius 3 is 3.09 bits per heavy atom. The van der Waals surface area contributed by atoms with Gasteiger partial charge in [0.15, 0.2) is 5.58 Å². The Kier molecular flexibility index (Phi) is 3.67. The monoisotopic (exact) mass is 326 g/mol. The van der Waals surface area contributed by atoms with Gasteiger partial charge in [-0.25, -0.2) is 0 Å². The first kappa shape index (κ1) is 14.5. The fraction of sp³-hybridized carbons (Fsp3) is 0.278. The molecule has 1 aliphatic rings. The van der Waals surface area contributed by atoms with E-state index in [1.807, 2.05) is 37.3 Å². The van der Waals surface area contributed by atoms with E-state index in [4.69, 9.17) is 4.42 Å². The summed E-state index contributed by atoms with van der Waals surface area (Å²) in [5.41, 5.74) is 1.45. The first-order valence-electron chi connectivity index (χ1n) is 7.84. The van der Waals surface area contributed by atoms with Crippen LogP contribution >= 0.6 is 11.3 Å². The summed E-state index contributed by atoms with van der Waals surface area (Å²) >= 11 is 1.56. The van der Waals surface area contributed by atoms with Gasteiger partial charge < -0.3 is 15.1 Å². The number of anilines is 1. The van der Waals surface area contributed by atoms with Crippen LogP contribution in [0.4, 0.5) is 5.69 Å². The zero-order valence-electron chi connectivity index (χ0n) is 12.9. The number of hydrogen-bond donors (Lipinski definition) is 2. The minimum absolute atomic E-state index is 0.0826. The van der Waals surface area contributed by atoms with E-state index >= 15 is 0 Å². The number of para-hydroxylation sites is 1. The molecule has 1 atom stereocenters. The van der Waals surface area contributed by atoms with Crippen LogP contribution in [0, 0.1) is 6.92 Å². The molecule has 0 bridgehead atoms. The van der Waals surface area contributed by atoms with Crippen LogP contribution in [0.25, 0.3) is 11.0 Å². The smallest absolute Gasteiger partial charge is 0.265 e. The van der Waals surface area contributed by atoms with Crippen LogP contribution in [0.3, 0.4) is 0 Å². The summed E-state index contributed by atoms with van der Waals surface area (Å²) in [6, 6.07) is 12.1. The van der Waals surface area contributed by atoms with Crippen molar-refractivity contribution < 1.29 is 9.21 Å². The lowest BCUT2D eigenvalue weighted by Gasteiger charge is -2.06. The third-order valence-electron chi connectivity index (χ3n) is 4.17. The van der Waals surface area contributed by atoms with Gasteiger partial charge in [-0.05, 0) is 50.6 Å². The van der Waals surface area contributed by atoms with E-state index in [2.05, 4.69) is 16.7 Å². The lowest BCUT2D eigenvalue weighted by molar-refractivity contribution is 0.103. The Bertz CT molecular complexity index is 859. The standard InChI is InChI=1S/C18H18N2O2S/c1-11-10-12-4-2-5-14(17(12)22-11)20-18(21)16-8-7-15(23-16)13-6-3-9-19-13/h2,4-5,7-8,10,13,19H,3,6,9H2,1H3,(H,20,21). The van der Waals surface area contributed by atoms with E-state index in [0.29, 0.717) is 6.04 Å². The second-order valence-corrected chi connectivity index (χ2v) is 7.00. The van der Waals surface area contributed by atoms with E-state index in [1.165, 1.54) is 11.3 Å². The zero-order valence-corrected chi connectivity index (χ0v) is 13.7. The Morgan fingerprint density at radius 1 is 1.35 bits per heavy atom. The Hall–Kier alpha value is -2.11. The largest absolute Gasteiger partial charge is 0.459 e. The number of rotatable bonds is 3. The van der Waals surface area contributed by atoms with Crippen molar-refractivity contribution in [3.05, 3.63) is 51.9 Å². The molecule has 3 aromatic rings. The van der Waals surface area contributed by atoms with Gasteiger partial charge in [-0.15, -0.1) is 11.3 Å². The third kappa shape index (κ3) is 2.78. The predicted molar refractivity (Wildman–Crippen MR) is 93.2 cm³/mol. The molecule has 1 aromatic carbocycles. The van der Waals surface area contributed by atoms with Gasteiger partial charge in [0.2, 0.25) is 0 Å².